The second-order valence-corrected chi connectivity index (χ2v) is 12.9. The lowest BCUT2D eigenvalue weighted by Crippen LogP contribution is -2.42. The van der Waals surface area contributed by atoms with Crippen molar-refractivity contribution >= 4 is 46.8 Å². The summed E-state index contributed by atoms with van der Waals surface area (Å²) in [5.41, 5.74) is 5.88. The minimum Gasteiger partial charge on any atom is -0.467 e. The van der Waals surface area contributed by atoms with Gasteiger partial charge >= 0.3 is 24.0 Å². The number of thioether (sulfide) groups is 1. The molecule has 0 radical (unpaired) electrons. The lowest BCUT2D eigenvalue weighted by atomic mass is 9.98. The molecule has 4 aromatic rings. The molecule has 0 spiro atoms. The topological polar surface area (TPSA) is 144 Å². The van der Waals surface area contributed by atoms with Crippen LogP contribution in [0.1, 0.15) is 43.5 Å². The fraction of sp³-hybridized carbons (Fsp3) is 0.361. The van der Waals surface area contributed by atoms with Gasteiger partial charge in [-0.15, -0.1) is 0 Å². The standard InChI is InChI=1S/C36H37N3O9S/c1-21(40)46-32-31(48-34(33(32)47-22(2)41)39-20-37-28-14-8-9-15-30(28)39)19-49-17-16-29(35(42)44-3)38-36(43)45-18-27-25-12-6-4-10-23(25)24-11-5-7-13-26(24)27/h4-15,20,27,29,31-34H,16-19H2,1-3H3,(H,38,43)/t29?,31-,32-,33-,34-/m1/s1. The highest BCUT2D eigenvalue weighted by Crippen LogP contribution is 2.44. The first kappa shape index (κ1) is 34.0. The summed E-state index contributed by atoms with van der Waals surface area (Å²) in [6, 6.07) is 22.6. The zero-order valence-corrected chi connectivity index (χ0v) is 28.1. The lowest BCUT2D eigenvalue weighted by molar-refractivity contribution is -0.165. The first-order valence-corrected chi connectivity index (χ1v) is 17.1. The molecule has 49 heavy (non-hydrogen) atoms. The van der Waals surface area contributed by atoms with E-state index in [0.717, 1.165) is 33.3 Å². The van der Waals surface area contributed by atoms with Crippen LogP contribution in [0.3, 0.4) is 0 Å². The van der Waals surface area contributed by atoms with E-state index in [1.807, 2.05) is 60.7 Å². The molecule has 1 aliphatic carbocycles. The Morgan fingerprint density at radius 2 is 1.53 bits per heavy atom. The summed E-state index contributed by atoms with van der Waals surface area (Å²) in [5.74, 6) is -1.08. The number of hydrogen-bond donors (Lipinski definition) is 1. The Morgan fingerprint density at radius 3 is 2.20 bits per heavy atom. The number of ether oxygens (including phenoxy) is 5. The predicted octanol–water partition coefficient (Wildman–Crippen LogP) is 5.00. The Bertz CT molecular complexity index is 1800. The van der Waals surface area contributed by atoms with Crippen LogP contribution < -0.4 is 5.32 Å². The summed E-state index contributed by atoms with van der Waals surface area (Å²) in [4.78, 5) is 54.3. The number of benzene rings is 3. The number of methoxy groups -OCH3 is 1. The van der Waals surface area contributed by atoms with E-state index < -0.39 is 54.6 Å². The lowest BCUT2D eigenvalue weighted by Gasteiger charge is -2.24. The number of alkyl carbamates (subject to hydrolysis) is 1. The van der Waals surface area contributed by atoms with E-state index >= 15 is 0 Å². The van der Waals surface area contributed by atoms with Gasteiger partial charge in [0.15, 0.2) is 18.4 Å². The molecule has 5 atom stereocenters. The number of nitrogens with one attached hydrogen (secondary N) is 1. The maximum atomic E-state index is 12.9. The summed E-state index contributed by atoms with van der Waals surface area (Å²) >= 11 is 1.43. The second kappa shape index (κ2) is 15.1. The quantitative estimate of drug-likeness (QED) is 0.122. The SMILES string of the molecule is COC(=O)C(CCSC[C@H]1O[C@@H](n2cnc3ccccc32)[C@H](OC(C)=O)[C@@H]1OC(C)=O)NC(=O)OCC1c2ccccc2-c2ccccc21. The molecule has 1 unspecified atom stereocenters. The summed E-state index contributed by atoms with van der Waals surface area (Å²) in [6.45, 7) is 2.67. The molecule has 0 bridgehead atoms. The average Bonchev–Trinajstić information content (AvgIpc) is 3.76. The molecule has 0 saturated carbocycles. The van der Waals surface area contributed by atoms with Gasteiger partial charge in [0.05, 0.1) is 24.5 Å². The molecule has 13 heteroatoms. The summed E-state index contributed by atoms with van der Waals surface area (Å²) < 4.78 is 30.0. The predicted molar refractivity (Wildman–Crippen MR) is 181 cm³/mol. The Balaban J connectivity index is 1.07. The van der Waals surface area contributed by atoms with Gasteiger partial charge in [-0.3, -0.25) is 9.59 Å². The van der Waals surface area contributed by atoms with E-state index in [0.29, 0.717) is 11.5 Å². The number of carbonyl (C=O) groups excluding carboxylic acids is 4. The molecule has 2 heterocycles. The fourth-order valence-corrected chi connectivity index (χ4v) is 7.54. The van der Waals surface area contributed by atoms with Crippen molar-refractivity contribution in [1.29, 1.82) is 0 Å². The molecular weight excluding hydrogens is 650 g/mol. The second-order valence-electron chi connectivity index (χ2n) is 11.8. The summed E-state index contributed by atoms with van der Waals surface area (Å²) in [7, 11) is 1.26. The van der Waals surface area contributed by atoms with Crippen molar-refractivity contribution in [2.75, 3.05) is 25.2 Å². The Labute approximate surface area is 287 Å². The molecule has 2 aliphatic rings. The number of fused-ring (bicyclic) bond motifs is 4. The maximum absolute atomic E-state index is 12.9. The van der Waals surface area contributed by atoms with Crippen LogP contribution in [-0.2, 0) is 38.1 Å². The largest absolute Gasteiger partial charge is 0.467 e. The zero-order chi connectivity index (χ0) is 34.5. The van der Waals surface area contributed by atoms with E-state index in [1.54, 1.807) is 10.9 Å². The van der Waals surface area contributed by atoms with Crippen LogP contribution in [-0.4, -0.2) is 83.1 Å². The number of amides is 1. The van der Waals surface area contributed by atoms with Gasteiger partial charge in [-0.05, 0) is 46.6 Å². The van der Waals surface area contributed by atoms with E-state index in [-0.39, 0.29) is 18.9 Å². The maximum Gasteiger partial charge on any atom is 0.407 e. The fourth-order valence-electron chi connectivity index (χ4n) is 6.47. The van der Waals surface area contributed by atoms with Crippen molar-refractivity contribution in [3.63, 3.8) is 0 Å². The van der Waals surface area contributed by atoms with Crippen LogP contribution in [0.5, 0.6) is 0 Å². The molecule has 256 valence electrons. The van der Waals surface area contributed by atoms with Crippen LogP contribution >= 0.6 is 11.8 Å². The first-order valence-electron chi connectivity index (χ1n) is 15.9. The minimum absolute atomic E-state index is 0.107. The monoisotopic (exact) mass is 687 g/mol. The minimum atomic E-state index is -0.958. The molecule has 1 aromatic heterocycles. The van der Waals surface area contributed by atoms with Gasteiger partial charge in [0.1, 0.15) is 18.8 Å². The van der Waals surface area contributed by atoms with E-state index in [4.69, 9.17) is 23.7 Å². The molecule has 3 aromatic carbocycles. The van der Waals surface area contributed by atoms with Gasteiger partial charge in [-0.1, -0.05) is 60.7 Å². The van der Waals surface area contributed by atoms with E-state index in [1.165, 1.54) is 32.7 Å². The van der Waals surface area contributed by atoms with Crippen molar-refractivity contribution in [1.82, 2.24) is 14.9 Å². The molecule has 1 saturated heterocycles. The van der Waals surface area contributed by atoms with Gasteiger partial charge < -0.3 is 33.6 Å². The van der Waals surface area contributed by atoms with Crippen molar-refractivity contribution in [2.45, 2.75) is 56.8 Å². The number of imidazole rings is 1. The molecule has 1 amide bonds. The van der Waals surface area contributed by atoms with Crippen molar-refractivity contribution in [3.05, 3.63) is 90.3 Å². The average molecular weight is 688 g/mol. The van der Waals surface area contributed by atoms with Crippen LogP contribution in [0.15, 0.2) is 79.1 Å². The van der Waals surface area contributed by atoms with E-state index in [9.17, 15) is 19.2 Å². The third-order valence-electron chi connectivity index (χ3n) is 8.60. The number of carbonyl (C=O) groups is 4. The molecule has 12 nitrogen and oxygen atoms in total. The van der Waals surface area contributed by atoms with E-state index in [2.05, 4.69) is 22.4 Å². The number of aromatic nitrogens is 2. The molecule has 1 aliphatic heterocycles. The third kappa shape index (κ3) is 7.42. The molecule has 6 rings (SSSR count). The van der Waals surface area contributed by atoms with Gasteiger partial charge in [-0.25, -0.2) is 14.6 Å². The Morgan fingerprint density at radius 1 is 0.898 bits per heavy atom. The van der Waals surface area contributed by atoms with Gasteiger partial charge in [0, 0.05) is 25.5 Å². The van der Waals surface area contributed by atoms with Gasteiger partial charge in [0.25, 0.3) is 0 Å². The number of nitrogens with zero attached hydrogens (tertiary/aromatic N) is 2. The van der Waals surface area contributed by atoms with Crippen LogP contribution in [0.2, 0.25) is 0 Å². The highest BCUT2D eigenvalue weighted by molar-refractivity contribution is 7.99. The van der Waals surface area contributed by atoms with Crippen LogP contribution in [0.25, 0.3) is 22.2 Å². The number of esters is 3. The van der Waals surface area contributed by atoms with Crippen molar-refractivity contribution in [2.24, 2.45) is 0 Å². The number of para-hydroxylation sites is 2. The van der Waals surface area contributed by atoms with Crippen LogP contribution in [0, 0.1) is 0 Å². The van der Waals surface area contributed by atoms with Crippen molar-refractivity contribution < 1.29 is 42.9 Å². The Hall–Kier alpha value is -4.88. The zero-order valence-electron chi connectivity index (χ0n) is 27.3. The summed E-state index contributed by atoms with van der Waals surface area (Å²) in [5, 5.41) is 2.66. The van der Waals surface area contributed by atoms with Gasteiger partial charge in [-0.2, -0.15) is 11.8 Å². The molecule has 1 fully saturated rings. The smallest absolute Gasteiger partial charge is 0.407 e. The summed E-state index contributed by atoms with van der Waals surface area (Å²) in [6.07, 6.45) is -2.17. The highest BCUT2D eigenvalue weighted by atomic mass is 32.2. The van der Waals surface area contributed by atoms with Crippen molar-refractivity contribution in [3.8, 4) is 11.1 Å². The van der Waals surface area contributed by atoms with Crippen LogP contribution in [0.4, 0.5) is 4.79 Å². The third-order valence-corrected chi connectivity index (χ3v) is 9.69. The van der Waals surface area contributed by atoms with Gasteiger partial charge in [0.2, 0.25) is 0 Å². The Kier molecular flexibility index (Phi) is 10.5. The first-order chi connectivity index (χ1) is 23.7. The number of rotatable bonds is 12. The molecule has 1 N–H and O–H groups in total. The normalized spacial score (nSPS) is 20.2. The number of hydrogen-bond acceptors (Lipinski definition) is 11. The molecular formula is C36H37N3O9S. The highest BCUT2D eigenvalue weighted by Gasteiger charge is 2.50.